The molecule has 0 aliphatic carbocycles. The Labute approximate surface area is 224 Å². The van der Waals surface area contributed by atoms with Crippen LogP contribution in [0.2, 0.25) is 0 Å². The molecule has 2 fully saturated rings. The molecule has 206 valence electrons. The Hall–Kier alpha value is -2.22. The van der Waals surface area contributed by atoms with E-state index in [2.05, 4.69) is 5.32 Å². The molecular formula is C21H24Cl3F4N5O4. The minimum atomic E-state index is -5.06. The summed E-state index contributed by atoms with van der Waals surface area (Å²) in [6.45, 7) is 3.43. The van der Waals surface area contributed by atoms with Gasteiger partial charge in [0.05, 0.1) is 24.5 Å². The summed E-state index contributed by atoms with van der Waals surface area (Å²) < 4.78 is 55.3. The number of benzene rings is 1. The maximum Gasteiger partial charge on any atom is 0.471 e. The molecule has 2 unspecified atom stereocenters. The highest BCUT2D eigenvalue weighted by Crippen LogP contribution is 2.35. The fraction of sp³-hybridized carbons (Fsp3) is 0.571. The van der Waals surface area contributed by atoms with Gasteiger partial charge in [0.15, 0.2) is 0 Å². The van der Waals surface area contributed by atoms with E-state index in [1.807, 2.05) is 6.92 Å². The van der Waals surface area contributed by atoms with Crippen molar-refractivity contribution < 1.29 is 36.7 Å². The molecule has 1 aromatic carbocycles. The van der Waals surface area contributed by atoms with Crippen molar-refractivity contribution in [2.24, 2.45) is 0 Å². The van der Waals surface area contributed by atoms with Crippen LogP contribution in [0.3, 0.4) is 0 Å². The molecular weight excluding hydrogens is 569 g/mol. The van der Waals surface area contributed by atoms with E-state index in [-0.39, 0.29) is 29.9 Å². The molecule has 2 aliphatic rings. The minimum Gasteiger partial charge on any atom is -0.442 e. The van der Waals surface area contributed by atoms with Crippen molar-refractivity contribution in [3.05, 3.63) is 24.0 Å². The first-order valence-electron chi connectivity index (χ1n) is 11.0. The summed E-state index contributed by atoms with van der Waals surface area (Å²) in [5.41, 5.74) is 0.395. The van der Waals surface area contributed by atoms with Crippen LogP contribution < -0.4 is 20.4 Å². The molecule has 2 aliphatic heterocycles. The van der Waals surface area contributed by atoms with Gasteiger partial charge in [-0.3, -0.25) is 19.4 Å². The Balaban J connectivity index is 1.65. The van der Waals surface area contributed by atoms with Gasteiger partial charge in [-0.15, -0.1) is 0 Å². The molecule has 3 amide bonds. The molecule has 9 nitrogen and oxygen atoms in total. The molecule has 3 rings (SSSR count). The van der Waals surface area contributed by atoms with Crippen LogP contribution >= 0.6 is 34.8 Å². The van der Waals surface area contributed by atoms with Crippen molar-refractivity contribution in [2.45, 2.75) is 42.1 Å². The van der Waals surface area contributed by atoms with Crippen LogP contribution in [0, 0.1) is 5.82 Å². The fourth-order valence-electron chi connectivity index (χ4n) is 4.18. The van der Waals surface area contributed by atoms with Crippen LogP contribution in [0.4, 0.5) is 33.7 Å². The lowest BCUT2D eigenvalue weighted by molar-refractivity contribution is -0.173. The number of nitrogens with zero attached hydrogens (tertiary/aromatic N) is 3. The molecule has 0 aromatic heterocycles. The van der Waals surface area contributed by atoms with Gasteiger partial charge in [-0.25, -0.2) is 9.18 Å². The van der Waals surface area contributed by atoms with Crippen LogP contribution in [0.1, 0.15) is 13.8 Å². The molecule has 0 spiro atoms. The number of cyclic esters (lactones) is 1. The van der Waals surface area contributed by atoms with Crippen molar-refractivity contribution in [1.82, 2.24) is 15.5 Å². The molecule has 37 heavy (non-hydrogen) atoms. The summed E-state index contributed by atoms with van der Waals surface area (Å²) in [5.74, 6) is -3.17. The summed E-state index contributed by atoms with van der Waals surface area (Å²) in [4.78, 5) is 39.4. The van der Waals surface area contributed by atoms with E-state index < -0.39 is 46.6 Å². The molecule has 1 aromatic rings. The highest BCUT2D eigenvalue weighted by Gasteiger charge is 2.42. The van der Waals surface area contributed by atoms with Crippen molar-refractivity contribution in [3.8, 4) is 0 Å². The van der Waals surface area contributed by atoms with Crippen LogP contribution in [0.5, 0.6) is 0 Å². The van der Waals surface area contributed by atoms with E-state index in [4.69, 9.17) is 39.5 Å². The summed E-state index contributed by atoms with van der Waals surface area (Å²) in [6, 6.07) is 3.82. The Morgan fingerprint density at radius 2 is 1.86 bits per heavy atom. The first kappa shape index (κ1) is 29.3. The summed E-state index contributed by atoms with van der Waals surface area (Å²) >= 11 is 18.2. The fourth-order valence-corrected chi connectivity index (χ4v) is 4.72. The highest BCUT2D eigenvalue weighted by molar-refractivity contribution is 6.68. The Morgan fingerprint density at radius 3 is 2.41 bits per heavy atom. The average Bonchev–Trinajstić information content (AvgIpc) is 3.15. The number of hydrogen-bond acceptors (Lipinski definition) is 6. The number of anilines is 2. The quantitative estimate of drug-likeness (QED) is 0.390. The molecule has 0 bridgehead atoms. The number of rotatable bonds is 6. The number of nitrogens with one attached hydrogen (secondary N) is 2. The third-order valence-corrected chi connectivity index (χ3v) is 6.49. The number of amides is 3. The lowest BCUT2D eigenvalue weighted by Crippen LogP contribution is -2.63. The lowest BCUT2D eigenvalue weighted by Gasteiger charge is -2.46. The molecule has 3 atom stereocenters. The Bertz CT molecular complexity index is 1040. The second kappa shape index (κ2) is 11.3. The Kier molecular flexibility index (Phi) is 8.93. The summed E-state index contributed by atoms with van der Waals surface area (Å²) in [6.07, 6.45) is -7.87. The number of piperazine rings is 1. The number of hydrogen-bond donors (Lipinski definition) is 2. The SMILES string of the molecule is CC(=O)NC(N1CCN(c2ccc(N3C[C@H](CNC(=O)C(F)(F)F)OC3=O)cc2F)CC1C)C(Cl)(Cl)Cl. The zero-order chi connectivity index (χ0) is 27.7. The van der Waals surface area contributed by atoms with Gasteiger partial charge in [-0.1, -0.05) is 34.8 Å². The zero-order valence-corrected chi connectivity index (χ0v) is 21.9. The van der Waals surface area contributed by atoms with Gasteiger partial charge in [0.25, 0.3) is 0 Å². The van der Waals surface area contributed by atoms with E-state index in [0.717, 1.165) is 11.0 Å². The third kappa shape index (κ3) is 7.21. The molecule has 16 heteroatoms. The maximum absolute atomic E-state index is 15.1. The normalized spacial score (nSPS) is 22.0. The molecule has 2 N–H and O–H groups in total. The number of ether oxygens (including phenoxy) is 1. The second-order valence-electron chi connectivity index (χ2n) is 8.64. The van der Waals surface area contributed by atoms with Gasteiger partial charge in [-0.2, -0.15) is 13.2 Å². The van der Waals surface area contributed by atoms with Gasteiger partial charge in [-0.05, 0) is 25.1 Å². The predicted octanol–water partition coefficient (Wildman–Crippen LogP) is 3.17. The smallest absolute Gasteiger partial charge is 0.442 e. The summed E-state index contributed by atoms with van der Waals surface area (Å²) in [5, 5.41) is 4.28. The summed E-state index contributed by atoms with van der Waals surface area (Å²) in [7, 11) is 0. The van der Waals surface area contributed by atoms with Crippen molar-refractivity contribution in [3.63, 3.8) is 0 Å². The number of alkyl halides is 6. The lowest BCUT2D eigenvalue weighted by atomic mass is 10.1. The van der Waals surface area contributed by atoms with Crippen LogP contribution in [-0.4, -0.2) is 83.8 Å². The zero-order valence-electron chi connectivity index (χ0n) is 19.6. The van der Waals surface area contributed by atoms with E-state index in [1.54, 1.807) is 15.1 Å². The van der Waals surface area contributed by atoms with Gasteiger partial charge in [0.1, 0.15) is 18.1 Å². The first-order valence-corrected chi connectivity index (χ1v) is 12.2. The third-order valence-electron chi connectivity index (χ3n) is 5.87. The van der Waals surface area contributed by atoms with Crippen molar-refractivity contribution in [2.75, 3.05) is 42.5 Å². The molecule has 2 heterocycles. The molecule has 2 saturated heterocycles. The number of carbonyl (C=O) groups excluding carboxylic acids is 3. The maximum atomic E-state index is 15.1. The minimum absolute atomic E-state index is 0.143. The van der Waals surface area contributed by atoms with E-state index in [0.29, 0.717) is 19.6 Å². The largest absolute Gasteiger partial charge is 0.471 e. The monoisotopic (exact) mass is 591 g/mol. The van der Waals surface area contributed by atoms with Gasteiger partial charge in [0, 0.05) is 32.6 Å². The topological polar surface area (TPSA) is 94.2 Å². The number of halogens is 7. The van der Waals surface area contributed by atoms with Gasteiger partial charge < -0.3 is 20.3 Å². The van der Waals surface area contributed by atoms with Crippen molar-refractivity contribution >= 4 is 64.1 Å². The van der Waals surface area contributed by atoms with Crippen molar-refractivity contribution in [1.29, 1.82) is 0 Å². The first-order chi connectivity index (χ1) is 17.1. The van der Waals surface area contributed by atoms with Crippen LogP contribution in [0.15, 0.2) is 18.2 Å². The van der Waals surface area contributed by atoms with E-state index in [1.165, 1.54) is 19.1 Å². The highest BCUT2D eigenvalue weighted by atomic mass is 35.6. The van der Waals surface area contributed by atoms with Crippen LogP contribution in [0.25, 0.3) is 0 Å². The van der Waals surface area contributed by atoms with Gasteiger partial charge in [0.2, 0.25) is 9.70 Å². The molecule has 0 saturated carbocycles. The van der Waals surface area contributed by atoms with Gasteiger partial charge >= 0.3 is 18.2 Å². The van der Waals surface area contributed by atoms with E-state index >= 15 is 4.39 Å². The Morgan fingerprint density at radius 1 is 1.19 bits per heavy atom. The predicted molar refractivity (Wildman–Crippen MR) is 129 cm³/mol. The molecule has 0 radical (unpaired) electrons. The standard InChI is InChI=1S/C21H24Cl3F4N5O4/c1-11-9-31(5-6-32(11)17(20(22,23)24)30-12(2)34)16-4-3-13(7-15(16)25)33-10-14(37-19(33)36)8-29-18(35)21(26,27)28/h3-4,7,11,14,17H,5-6,8-10H2,1-2H3,(H,29,35)(H,30,34)/t11?,14-,17?/m0/s1. The average molecular weight is 593 g/mol. The van der Waals surface area contributed by atoms with E-state index in [9.17, 15) is 27.6 Å². The number of carbonyl (C=O) groups is 3. The van der Waals surface area contributed by atoms with Crippen LogP contribution in [-0.2, 0) is 14.3 Å². The second-order valence-corrected chi connectivity index (χ2v) is 11.0.